The van der Waals surface area contributed by atoms with Gasteiger partial charge in [-0.2, -0.15) is 5.10 Å². The molecule has 2 fully saturated rings. The molecule has 0 amide bonds. The zero-order chi connectivity index (χ0) is 11.0. The van der Waals surface area contributed by atoms with Crippen LogP contribution in [0.25, 0.3) is 0 Å². The van der Waals surface area contributed by atoms with E-state index in [1.54, 1.807) is 6.33 Å². The van der Waals surface area contributed by atoms with Crippen LogP contribution in [0.1, 0.15) is 31.6 Å². The SMILES string of the molecule is CC(NC1CCN2CCC1C2)c1ncn[nH]1. The van der Waals surface area contributed by atoms with Gasteiger partial charge in [0.1, 0.15) is 12.2 Å². The molecule has 3 rings (SSSR count). The molecule has 5 nitrogen and oxygen atoms in total. The highest BCUT2D eigenvalue weighted by atomic mass is 15.2. The standard InChI is InChI=1S/C11H19N5/c1-8(11-12-7-13-15-11)14-10-3-5-16-4-2-9(10)6-16/h7-10,14H,2-6H2,1H3,(H,12,13,15). The molecule has 4 unspecified atom stereocenters. The van der Waals surface area contributed by atoms with E-state index in [1.165, 1.54) is 32.5 Å². The van der Waals surface area contributed by atoms with Crippen LogP contribution in [0.4, 0.5) is 0 Å². The van der Waals surface area contributed by atoms with Gasteiger partial charge in [0.2, 0.25) is 0 Å². The summed E-state index contributed by atoms with van der Waals surface area (Å²) in [7, 11) is 0. The van der Waals surface area contributed by atoms with Crippen LogP contribution >= 0.6 is 0 Å². The number of aromatic amines is 1. The molecule has 2 N–H and O–H groups in total. The van der Waals surface area contributed by atoms with Gasteiger partial charge in [-0.15, -0.1) is 0 Å². The molecule has 88 valence electrons. The minimum atomic E-state index is 0.277. The Morgan fingerprint density at radius 1 is 1.50 bits per heavy atom. The lowest BCUT2D eigenvalue weighted by Gasteiger charge is -2.32. The first kappa shape index (κ1) is 10.2. The Morgan fingerprint density at radius 3 is 3.19 bits per heavy atom. The van der Waals surface area contributed by atoms with Crippen molar-refractivity contribution in [2.75, 3.05) is 19.6 Å². The molecule has 4 atom stereocenters. The van der Waals surface area contributed by atoms with E-state index < -0.39 is 0 Å². The quantitative estimate of drug-likeness (QED) is 0.782. The number of nitrogens with zero attached hydrogens (tertiary/aromatic N) is 3. The van der Waals surface area contributed by atoms with Crippen molar-refractivity contribution in [1.82, 2.24) is 25.4 Å². The Bertz CT molecular complexity index is 336. The molecule has 2 bridgehead atoms. The van der Waals surface area contributed by atoms with Gasteiger partial charge in [-0.1, -0.05) is 0 Å². The van der Waals surface area contributed by atoms with E-state index in [2.05, 4.69) is 32.3 Å². The highest BCUT2D eigenvalue weighted by Gasteiger charge is 2.34. The summed E-state index contributed by atoms with van der Waals surface area (Å²) in [5, 5.41) is 10.5. The smallest absolute Gasteiger partial charge is 0.141 e. The van der Waals surface area contributed by atoms with Crippen LogP contribution in [0, 0.1) is 5.92 Å². The van der Waals surface area contributed by atoms with Crippen LogP contribution < -0.4 is 5.32 Å². The fourth-order valence-corrected chi connectivity index (χ4v) is 2.99. The summed E-state index contributed by atoms with van der Waals surface area (Å²) in [5.74, 6) is 1.78. The van der Waals surface area contributed by atoms with E-state index in [0.29, 0.717) is 6.04 Å². The van der Waals surface area contributed by atoms with Gasteiger partial charge >= 0.3 is 0 Å². The molecule has 0 spiro atoms. The molecule has 0 saturated carbocycles. The van der Waals surface area contributed by atoms with E-state index in [-0.39, 0.29) is 6.04 Å². The fraction of sp³-hybridized carbons (Fsp3) is 0.818. The molecule has 16 heavy (non-hydrogen) atoms. The average molecular weight is 221 g/mol. The lowest BCUT2D eigenvalue weighted by atomic mass is 9.93. The maximum absolute atomic E-state index is 4.20. The monoisotopic (exact) mass is 221 g/mol. The van der Waals surface area contributed by atoms with Gasteiger partial charge < -0.3 is 10.2 Å². The van der Waals surface area contributed by atoms with E-state index in [0.717, 1.165) is 11.7 Å². The molecule has 5 heteroatoms. The minimum absolute atomic E-state index is 0.277. The summed E-state index contributed by atoms with van der Waals surface area (Å²) < 4.78 is 0. The van der Waals surface area contributed by atoms with Crippen LogP contribution in [0.5, 0.6) is 0 Å². The molecule has 0 radical (unpaired) electrons. The maximum Gasteiger partial charge on any atom is 0.141 e. The summed E-state index contributed by atoms with van der Waals surface area (Å²) in [4.78, 5) is 6.77. The molecule has 0 aromatic carbocycles. The van der Waals surface area contributed by atoms with Gasteiger partial charge in [-0.25, -0.2) is 4.98 Å². The summed E-state index contributed by atoms with van der Waals surface area (Å²) in [5.41, 5.74) is 0. The number of H-pyrrole nitrogens is 1. The number of rotatable bonds is 3. The highest BCUT2D eigenvalue weighted by Crippen LogP contribution is 2.28. The molecule has 2 aliphatic heterocycles. The van der Waals surface area contributed by atoms with Crippen molar-refractivity contribution in [1.29, 1.82) is 0 Å². The number of hydrogen-bond acceptors (Lipinski definition) is 4. The van der Waals surface area contributed by atoms with Crippen molar-refractivity contribution in [3.05, 3.63) is 12.2 Å². The summed E-state index contributed by atoms with van der Waals surface area (Å²) >= 11 is 0. The summed E-state index contributed by atoms with van der Waals surface area (Å²) in [6.45, 7) is 5.97. The van der Waals surface area contributed by atoms with Crippen molar-refractivity contribution in [2.24, 2.45) is 5.92 Å². The molecule has 2 saturated heterocycles. The third-order valence-corrected chi connectivity index (χ3v) is 3.94. The Morgan fingerprint density at radius 2 is 2.38 bits per heavy atom. The second-order valence-electron chi connectivity index (χ2n) is 5.00. The van der Waals surface area contributed by atoms with E-state index in [4.69, 9.17) is 0 Å². The second-order valence-corrected chi connectivity index (χ2v) is 5.00. The van der Waals surface area contributed by atoms with E-state index >= 15 is 0 Å². The first-order valence-corrected chi connectivity index (χ1v) is 6.16. The van der Waals surface area contributed by atoms with Gasteiger partial charge in [-0.3, -0.25) is 5.10 Å². The Labute approximate surface area is 95.6 Å². The zero-order valence-electron chi connectivity index (χ0n) is 9.69. The van der Waals surface area contributed by atoms with Crippen LogP contribution in [-0.2, 0) is 0 Å². The molecule has 1 aromatic rings. The van der Waals surface area contributed by atoms with Crippen molar-refractivity contribution < 1.29 is 0 Å². The van der Waals surface area contributed by atoms with Crippen molar-refractivity contribution in [2.45, 2.75) is 31.8 Å². The van der Waals surface area contributed by atoms with E-state index in [1.807, 2.05) is 0 Å². The first-order valence-electron chi connectivity index (χ1n) is 6.16. The lowest BCUT2D eigenvalue weighted by molar-refractivity contribution is 0.211. The van der Waals surface area contributed by atoms with Crippen molar-refractivity contribution >= 4 is 0 Å². The molecular formula is C11H19N5. The Hall–Kier alpha value is -0.940. The third-order valence-electron chi connectivity index (χ3n) is 3.94. The number of hydrogen-bond donors (Lipinski definition) is 2. The number of fused-ring (bicyclic) bond motifs is 2. The lowest BCUT2D eigenvalue weighted by Crippen LogP contribution is -2.44. The van der Waals surface area contributed by atoms with Crippen molar-refractivity contribution in [3.8, 4) is 0 Å². The van der Waals surface area contributed by atoms with Gasteiger partial charge in [-0.05, 0) is 38.8 Å². The normalized spacial score (nSPS) is 35.2. The molecular weight excluding hydrogens is 202 g/mol. The second kappa shape index (κ2) is 4.14. The predicted molar refractivity (Wildman–Crippen MR) is 60.9 cm³/mol. The molecule has 2 aliphatic rings. The predicted octanol–water partition coefficient (Wildman–Crippen LogP) is 0.549. The largest absolute Gasteiger partial charge is 0.304 e. The van der Waals surface area contributed by atoms with E-state index in [9.17, 15) is 0 Å². The van der Waals surface area contributed by atoms with Gasteiger partial charge in [0.25, 0.3) is 0 Å². The molecule has 1 aromatic heterocycles. The number of nitrogens with one attached hydrogen (secondary N) is 2. The van der Waals surface area contributed by atoms with Crippen LogP contribution in [0.15, 0.2) is 6.33 Å². The fourth-order valence-electron chi connectivity index (χ4n) is 2.99. The maximum atomic E-state index is 4.20. The topological polar surface area (TPSA) is 56.8 Å². The minimum Gasteiger partial charge on any atom is -0.304 e. The van der Waals surface area contributed by atoms with Crippen LogP contribution in [0.3, 0.4) is 0 Å². The van der Waals surface area contributed by atoms with Crippen LogP contribution in [-0.4, -0.2) is 45.8 Å². The number of aromatic nitrogens is 3. The molecule has 3 heterocycles. The zero-order valence-corrected chi connectivity index (χ0v) is 9.69. The van der Waals surface area contributed by atoms with Crippen molar-refractivity contribution in [3.63, 3.8) is 0 Å². The van der Waals surface area contributed by atoms with Gasteiger partial charge in [0.05, 0.1) is 6.04 Å². The Kier molecular flexibility index (Phi) is 2.65. The van der Waals surface area contributed by atoms with Gasteiger partial charge in [0.15, 0.2) is 0 Å². The first-order chi connectivity index (χ1) is 7.83. The highest BCUT2D eigenvalue weighted by molar-refractivity contribution is 4.96. The summed E-state index contributed by atoms with van der Waals surface area (Å²) in [6, 6.07) is 0.929. The summed E-state index contributed by atoms with van der Waals surface area (Å²) in [6.07, 6.45) is 4.19. The van der Waals surface area contributed by atoms with Crippen LogP contribution in [0.2, 0.25) is 0 Å². The molecule has 0 aliphatic carbocycles. The van der Waals surface area contributed by atoms with Gasteiger partial charge in [0, 0.05) is 12.6 Å². The average Bonchev–Trinajstić information content (AvgIpc) is 2.93. The third kappa shape index (κ3) is 1.85. The Balaban J connectivity index is 1.62. The number of piperidine rings is 1.